The quantitative estimate of drug-likeness (QED) is 0.582. The SMILES string of the molecule is O=C(NS(=O)(=O)c1cccc2ncccc12)c1cc2ccc(F)cc2s1. The summed E-state index contributed by atoms with van der Waals surface area (Å²) in [6.07, 6.45) is 1.56. The van der Waals surface area contributed by atoms with Gasteiger partial charge in [0.25, 0.3) is 15.9 Å². The lowest BCUT2D eigenvalue weighted by Crippen LogP contribution is -2.30. The van der Waals surface area contributed by atoms with E-state index in [1.807, 2.05) is 0 Å². The average Bonchev–Trinajstić information content (AvgIpc) is 3.04. The second kappa shape index (κ2) is 6.15. The fourth-order valence-corrected chi connectivity index (χ4v) is 4.88. The monoisotopic (exact) mass is 386 g/mol. The van der Waals surface area contributed by atoms with Gasteiger partial charge in [-0.1, -0.05) is 12.1 Å². The van der Waals surface area contributed by atoms with Crippen LogP contribution in [0.4, 0.5) is 4.39 Å². The number of carbonyl (C=O) groups is 1. The molecule has 130 valence electrons. The Hall–Kier alpha value is -2.84. The van der Waals surface area contributed by atoms with Crippen LogP contribution in [0.25, 0.3) is 21.0 Å². The third kappa shape index (κ3) is 2.93. The first-order valence-electron chi connectivity index (χ1n) is 7.54. The van der Waals surface area contributed by atoms with Crippen molar-refractivity contribution in [3.8, 4) is 0 Å². The van der Waals surface area contributed by atoms with Gasteiger partial charge in [0.15, 0.2) is 0 Å². The number of amides is 1. The summed E-state index contributed by atoms with van der Waals surface area (Å²) in [5.41, 5.74) is 0.514. The fraction of sp³-hybridized carbons (Fsp3) is 0. The van der Waals surface area contributed by atoms with Gasteiger partial charge in [0.1, 0.15) is 5.82 Å². The van der Waals surface area contributed by atoms with Gasteiger partial charge in [0.2, 0.25) is 0 Å². The van der Waals surface area contributed by atoms with Gasteiger partial charge in [-0.15, -0.1) is 11.3 Å². The molecule has 0 spiro atoms. The number of benzene rings is 2. The Bertz CT molecular complexity index is 1260. The molecule has 0 saturated carbocycles. The number of nitrogens with zero attached hydrogens (tertiary/aromatic N) is 1. The van der Waals surface area contributed by atoms with Gasteiger partial charge in [-0.2, -0.15) is 0 Å². The number of sulfonamides is 1. The van der Waals surface area contributed by atoms with Gasteiger partial charge in [0, 0.05) is 16.3 Å². The number of rotatable bonds is 3. The van der Waals surface area contributed by atoms with Gasteiger partial charge in [-0.3, -0.25) is 9.78 Å². The minimum atomic E-state index is -4.09. The smallest absolute Gasteiger partial charge is 0.267 e. The number of fused-ring (bicyclic) bond motifs is 2. The van der Waals surface area contributed by atoms with Crippen molar-refractivity contribution in [1.29, 1.82) is 0 Å². The van der Waals surface area contributed by atoms with Crippen LogP contribution < -0.4 is 4.72 Å². The molecule has 26 heavy (non-hydrogen) atoms. The van der Waals surface area contributed by atoms with E-state index in [4.69, 9.17) is 0 Å². The summed E-state index contributed by atoms with van der Waals surface area (Å²) in [6.45, 7) is 0. The van der Waals surface area contributed by atoms with Crippen LogP contribution >= 0.6 is 11.3 Å². The van der Waals surface area contributed by atoms with E-state index in [-0.39, 0.29) is 9.77 Å². The average molecular weight is 386 g/mol. The molecule has 1 amide bonds. The molecule has 0 bridgehead atoms. The van der Waals surface area contributed by atoms with Crippen LogP contribution in [-0.2, 0) is 10.0 Å². The maximum Gasteiger partial charge on any atom is 0.275 e. The fourth-order valence-electron chi connectivity index (χ4n) is 2.65. The molecule has 2 aromatic heterocycles. The lowest BCUT2D eigenvalue weighted by Gasteiger charge is -2.08. The van der Waals surface area contributed by atoms with Crippen LogP contribution in [0.15, 0.2) is 65.7 Å². The Morgan fingerprint density at radius 2 is 1.92 bits per heavy atom. The Kier molecular flexibility index (Phi) is 3.93. The van der Waals surface area contributed by atoms with Gasteiger partial charge in [-0.25, -0.2) is 17.5 Å². The van der Waals surface area contributed by atoms with Crippen molar-refractivity contribution in [2.45, 2.75) is 4.90 Å². The van der Waals surface area contributed by atoms with E-state index >= 15 is 0 Å². The predicted octanol–water partition coefficient (Wildman–Crippen LogP) is 3.71. The van der Waals surface area contributed by atoms with Crippen LogP contribution in [-0.4, -0.2) is 19.3 Å². The molecule has 4 aromatic rings. The zero-order valence-electron chi connectivity index (χ0n) is 13.1. The summed E-state index contributed by atoms with van der Waals surface area (Å²) >= 11 is 1.03. The first kappa shape index (κ1) is 16.6. The maximum atomic E-state index is 13.3. The van der Waals surface area contributed by atoms with E-state index in [1.54, 1.807) is 36.5 Å². The normalized spacial score (nSPS) is 11.7. The molecule has 0 radical (unpaired) electrons. The minimum absolute atomic E-state index is 0.0244. The van der Waals surface area contributed by atoms with Crippen LogP contribution in [0.2, 0.25) is 0 Å². The van der Waals surface area contributed by atoms with Crippen molar-refractivity contribution >= 4 is 48.3 Å². The molecule has 1 N–H and O–H groups in total. The summed E-state index contributed by atoms with van der Waals surface area (Å²) < 4.78 is 41.3. The van der Waals surface area contributed by atoms with Crippen molar-refractivity contribution in [2.75, 3.05) is 0 Å². The number of hydrogen-bond acceptors (Lipinski definition) is 5. The maximum absolute atomic E-state index is 13.3. The van der Waals surface area contributed by atoms with Gasteiger partial charge in [-0.05, 0) is 47.9 Å². The van der Waals surface area contributed by atoms with Crippen molar-refractivity contribution < 1.29 is 17.6 Å². The van der Waals surface area contributed by atoms with Gasteiger partial charge < -0.3 is 0 Å². The van der Waals surface area contributed by atoms with Crippen molar-refractivity contribution in [3.63, 3.8) is 0 Å². The standard InChI is InChI=1S/C18H11FN2O3S2/c19-12-7-6-11-9-16(25-15(11)10-12)18(22)21-26(23,24)17-5-1-4-14-13(17)3-2-8-20-14/h1-10H,(H,21,22). The highest BCUT2D eigenvalue weighted by Crippen LogP contribution is 2.27. The highest BCUT2D eigenvalue weighted by Gasteiger charge is 2.22. The topological polar surface area (TPSA) is 76.1 Å². The van der Waals surface area contributed by atoms with E-state index in [0.717, 1.165) is 11.3 Å². The Labute approximate surface area is 152 Å². The van der Waals surface area contributed by atoms with Gasteiger partial charge in [0.05, 0.1) is 15.3 Å². The molecule has 0 aliphatic heterocycles. The zero-order chi connectivity index (χ0) is 18.3. The largest absolute Gasteiger partial charge is 0.275 e. The highest BCUT2D eigenvalue weighted by molar-refractivity contribution is 7.90. The van der Waals surface area contributed by atoms with Crippen molar-refractivity contribution in [2.24, 2.45) is 0 Å². The molecule has 5 nitrogen and oxygen atoms in total. The molecule has 0 unspecified atom stereocenters. The number of halogens is 1. The third-order valence-corrected chi connectivity index (χ3v) is 6.31. The minimum Gasteiger partial charge on any atom is -0.267 e. The molecule has 4 rings (SSSR count). The molecule has 0 aliphatic carbocycles. The van der Waals surface area contributed by atoms with Crippen LogP contribution in [0, 0.1) is 5.82 Å². The molecule has 8 heteroatoms. The number of thiophene rings is 1. The van der Waals surface area contributed by atoms with Crippen LogP contribution in [0.5, 0.6) is 0 Å². The van der Waals surface area contributed by atoms with E-state index in [0.29, 0.717) is 21.0 Å². The lowest BCUT2D eigenvalue weighted by atomic mass is 10.2. The summed E-state index contributed by atoms with van der Waals surface area (Å²) in [5, 5.41) is 1.10. The van der Waals surface area contributed by atoms with Crippen molar-refractivity contribution in [1.82, 2.24) is 9.71 Å². The van der Waals surface area contributed by atoms with Crippen LogP contribution in [0.1, 0.15) is 9.67 Å². The summed E-state index contributed by atoms with van der Waals surface area (Å²) in [5.74, 6) is -1.17. The molecule has 0 aliphatic rings. The summed E-state index contributed by atoms with van der Waals surface area (Å²) in [4.78, 5) is 16.7. The molecular formula is C18H11FN2O3S2. The number of hydrogen-bond donors (Lipinski definition) is 1. The number of pyridine rings is 1. The first-order chi connectivity index (χ1) is 12.4. The first-order valence-corrected chi connectivity index (χ1v) is 9.84. The number of carbonyl (C=O) groups excluding carboxylic acids is 1. The Morgan fingerprint density at radius 3 is 2.77 bits per heavy atom. The molecule has 2 aromatic carbocycles. The second-order valence-electron chi connectivity index (χ2n) is 5.55. The van der Waals surface area contributed by atoms with Gasteiger partial charge >= 0.3 is 0 Å². The van der Waals surface area contributed by atoms with E-state index in [9.17, 15) is 17.6 Å². The number of aromatic nitrogens is 1. The third-order valence-electron chi connectivity index (χ3n) is 3.83. The molecule has 0 atom stereocenters. The Balaban J connectivity index is 1.71. The predicted molar refractivity (Wildman–Crippen MR) is 98.2 cm³/mol. The molecule has 0 fully saturated rings. The van der Waals surface area contributed by atoms with E-state index in [2.05, 4.69) is 9.71 Å². The van der Waals surface area contributed by atoms with Crippen LogP contribution in [0.3, 0.4) is 0 Å². The summed E-state index contributed by atoms with van der Waals surface area (Å²) in [7, 11) is -4.09. The molecule has 0 saturated heterocycles. The zero-order valence-corrected chi connectivity index (χ0v) is 14.8. The lowest BCUT2D eigenvalue weighted by molar-refractivity contribution is 0.0985. The highest BCUT2D eigenvalue weighted by atomic mass is 32.2. The van der Waals surface area contributed by atoms with Crippen molar-refractivity contribution in [3.05, 3.63) is 71.5 Å². The van der Waals surface area contributed by atoms with E-state index < -0.39 is 21.7 Å². The molecular weight excluding hydrogens is 375 g/mol. The summed E-state index contributed by atoms with van der Waals surface area (Å²) in [6, 6.07) is 13.6. The van der Waals surface area contributed by atoms with E-state index in [1.165, 1.54) is 24.3 Å². The Morgan fingerprint density at radius 1 is 1.08 bits per heavy atom. The molecule has 2 heterocycles. The number of nitrogens with one attached hydrogen (secondary N) is 1. The second-order valence-corrected chi connectivity index (χ2v) is 8.29.